The molecule has 0 unspecified atom stereocenters. The fourth-order valence-electron chi connectivity index (χ4n) is 2.28. The maximum Gasteiger partial charge on any atom is 0.340 e. The molecule has 2 aromatic heterocycles. The molecule has 8 nitrogen and oxygen atoms in total. The molecule has 0 saturated heterocycles. The van der Waals surface area contributed by atoms with Crippen LogP contribution in [0.5, 0.6) is 0 Å². The number of hydrogen-bond donors (Lipinski definition) is 1. The number of carbonyl (C=O) groups is 1. The molecule has 0 amide bonds. The molecule has 0 radical (unpaired) electrons. The molecule has 0 atom stereocenters. The van der Waals surface area contributed by atoms with E-state index in [-0.39, 0.29) is 0 Å². The molecular formula is C13H16N6O2. The fraction of sp³-hybridized carbons (Fsp3) is 0.385. The van der Waals surface area contributed by atoms with E-state index in [4.69, 9.17) is 10.5 Å². The second kappa shape index (κ2) is 5.39. The van der Waals surface area contributed by atoms with E-state index in [0.717, 1.165) is 18.9 Å². The number of nitrogens with zero attached hydrogens (tertiary/aromatic N) is 5. The Labute approximate surface area is 121 Å². The second-order valence-corrected chi connectivity index (χ2v) is 4.71. The highest BCUT2D eigenvalue weighted by Gasteiger charge is 2.21. The zero-order valence-corrected chi connectivity index (χ0v) is 11.7. The first kappa shape index (κ1) is 13.3. The summed E-state index contributed by atoms with van der Waals surface area (Å²) >= 11 is 0. The predicted molar refractivity (Wildman–Crippen MR) is 75.7 cm³/mol. The van der Waals surface area contributed by atoms with Crippen molar-refractivity contribution in [2.24, 2.45) is 0 Å². The summed E-state index contributed by atoms with van der Waals surface area (Å²) in [7, 11) is 0. The molecule has 2 N–H and O–H groups in total. The van der Waals surface area contributed by atoms with Crippen LogP contribution in [-0.4, -0.2) is 38.9 Å². The van der Waals surface area contributed by atoms with Crippen molar-refractivity contribution in [3.8, 4) is 0 Å². The van der Waals surface area contributed by atoms with Crippen molar-refractivity contribution in [2.75, 3.05) is 23.8 Å². The average Bonchev–Trinajstić information content (AvgIpc) is 2.95. The summed E-state index contributed by atoms with van der Waals surface area (Å²) in [5.41, 5.74) is 6.46. The number of esters is 1. The highest BCUT2D eigenvalue weighted by Crippen LogP contribution is 2.22. The summed E-state index contributed by atoms with van der Waals surface area (Å²) in [5, 5.41) is 7.95. The van der Waals surface area contributed by atoms with E-state index in [1.807, 2.05) is 9.47 Å². The van der Waals surface area contributed by atoms with Gasteiger partial charge >= 0.3 is 5.97 Å². The Kier molecular flexibility index (Phi) is 3.43. The molecule has 1 aliphatic rings. The molecule has 8 heteroatoms. The van der Waals surface area contributed by atoms with E-state index < -0.39 is 5.97 Å². The number of carbonyl (C=O) groups excluding carboxylic acids is 1. The van der Waals surface area contributed by atoms with Crippen LogP contribution in [0.1, 0.15) is 23.1 Å². The third-order valence-electron chi connectivity index (χ3n) is 3.38. The molecule has 0 bridgehead atoms. The van der Waals surface area contributed by atoms with Crippen LogP contribution < -0.4 is 10.6 Å². The van der Waals surface area contributed by atoms with Gasteiger partial charge in [0.05, 0.1) is 30.6 Å². The molecule has 110 valence electrons. The summed E-state index contributed by atoms with van der Waals surface area (Å²) in [6.45, 7) is 4.21. The number of hydrogen-bond acceptors (Lipinski definition) is 7. The lowest BCUT2D eigenvalue weighted by Gasteiger charge is -2.28. The number of nitrogens with two attached hydrogens (primary N) is 1. The van der Waals surface area contributed by atoms with Crippen LogP contribution in [0.25, 0.3) is 0 Å². The Morgan fingerprint density at radius 1 is 1.48 bits per heavy atom. The summed E-state index contributed by atoms with van der Waals surface area (Å²) in [6.07, 6.45) is 3.20. The van der Waals surface area contributed by atoms with E-state index >= 15 is 0 Å². The van der Waals surface area contributed by atoms with Crippen LogP contribution >= 0.6 is 0 Å². The zero-order chi connectivity index (χ0) is 14.8. The first-order valence-electron chi connectivity index (χ1n) is 6.73. The molecule has 21 heavy (non-hydrogen) atoms. The van der Waals surface area contributed by atoms with Crippen LogP contribution in [0.2, 0.25) is 0 Å². The molecule has 0 aliphatic carbocycles. The highest BCUT2D eigenvalue weighted by atomic mass is 16.5. The lowest BCUT2D eigenvalue weighted by Crippen LogP contribution is -2.34. The van der Waals surface area contributed by atoms with Crippen molar-refractivity contribution >= 4 is 17.5 Å². The lowest BCUT2D eigenvalue weighted by atomic mass is 10.2. The lowest BCUT2D eigenvalue weighted by molar-refractivity contribution is 0.0527. The Morgan fingerprint density at radius 2 is 2.33 bits per heavy atom. The van der Waals surface area contributed by atoms with Gasteiger partial charge in [-0.1, -0.05) is 0 Å². The predicted octanol–water partition coefficient (Wildman–Crippen LogP) is 0.452. The number of fused-ring (bicyclic) bond motifs is 1. The van der Waals surface area contributed by atoms with E-state index in [2.05, 4.69) is 15.2 Å². The molecule has 2 aromatic rings. The van der Waals surface area contributed by atoms with Crippen LogP contribution in [0, 0.1) is 0 Å². The summed E-state index contributed by atoms with van der Waals surface area (Å²) in [4.78, 5) is 18.2. The van der Waals surface area contributed by atoms with Gasteiger partial charge in [-0.05, 0) is 13.0 Å². The Balaban J connectivity index is 1.86. The third-order valence-corrected chi connectivity index (χ3v) is 3.38. The fourth-order valence-corrected chi connectivity index (χ4v) is 2.28. The number of rotatable bonds is 3. The summed E-state index contributed by atoms with van der Waals surface area (Å²) in [6, 6.07) is 1.67. The Morgan fingerprint density at radius 3 is 3.14 bits per heavy atom. The topological polar surface area (TPSA) is 99.2 Å². The first-order chi connectivity index (χ1) is 10.2. The van der Waals surface area contributed by atoms with E-state index in [1.165, 1.54) is 6.20 Å². The van der Waals surface area contributed by atoms with Gasteiger partial charge in [-0.15, -0.1) is 10.2 Å². The second-order valence-electron chi connectivity index (χ2n) is 4.71. The minimum atomic E-state index is -0.432. The largest absolute Gasteiger partial charge is 0.462 e. The molecule has 1 aliphatic heterocycles. The zero-order valence-electron chi connectivity index (χ0n) is 11.7. The number of pyridine rings is 1. The van der Waals surface area contributed by atoms with Crippen LogP contribution in [0.3, 0.4) is 0 Å². The van der Waals surface area contributed by atoms with Gasteiger partial charge in [0.25, 0.3) is 0 Å². The smallest absolute Gasteiger partial charge is 0.340 e. The molecule has 3 heterocycles. The summed E-state index contributed by atoms with van der Waals surface area (Å²) in [5.74, 6) is 1.12. The van der Waals surface area contributed by atoms with Gasteiger partial charge in [-0.25, -0.2) is 9.78 Å². The van der Waals surface area contributed by atoms with Gasteiger partial charge in [-0.2, -0.15) is 0 Å². The minimum Gasteiger partial charge on any atom is -0.462 e. The van der Waals surface area contributed by atoms with Crippen molar-refractivity contribution in [1.82, 2.24) is 19.7 Å². The van der Waals surface area contributed by atoms with Crippen molar-refractivity contribution < 1.29 is 9.53 Å². The van der Waals surface area contributed by atoms with Gasteiger partial charge in [0.1, 0.15) is 12.1 Å². The van der Waals surface area contributed by atoms with Crippen LogP contribution in [-0.2, 0) is 17.8 Å². The standard InChI is InChI=1S/C13H16N6O2/c1-2-21-13(20)9-5-11(15-6-10(9)14)18-3-4-19-8-16-17-12(19)7-18/h5-6,8H,2-4,7,14H2,1H3. The maximum atomic E-state index is 11.9. The molecule has 0 fully saturated rings. The SMILES string of the molecule is CCOC(=O)c1cc(N2CCn3cnnc3C2)ncc1N. The third kappa shape index (κ3) is 2.51. The maximum absolute atomic E-state index is 11.9. The monoisotopic (exact) mass is 288 g/mol. The van der Waals surface area contributed by atoms with Gasteiger partial charge in [0.15, 0.2) is 5.82 Å². The van der Waals surface area contributed by atoms with E-state index in [1.54, 1.807) is 19.3 Å². The minimum absolute atomic E-state index is 0.308. The molecular weight excluding hydrogens is 272 g/mol. The number of ether oxygens (including phenoxy) is 1. The van der Waals surface area contributed by atoms with Crippen LogP contribution in [0.4, 0.5) is 11.5 Å². The van der Waals surface area contributed by atoms with E-state index in [0.29, 0.717) is 30.2 Å². The number of aromatic nitrogens is 4. The van der Waals surface area contributed by atoms with Crippen molar-refractivity contribution in [3.63, 3.8) is 0 Å². The molecule has 0 saturated carbocycles. The van der Waals surface area contributed by atoms with Gasteiger partial charge < -0.3 is 19.9 Å². The van der Waals surface area contributed by atoms with Crippen molar-refractivity contribution in [3.05, 3.63) is 30.0 Å². The summed E-state index contributed by atoms with van der Waals surface area (Å²) < 4.78 is 7.00. The van der Waals surface area contributed by atoms with Crippen molar-refractivity contribution in [2.45, 2.75) is 20.0 Å². The first-order valence-corrected chi connectivity index (χ1v) is 6.73. The highest BCUT2D eigenvalue weighted by molar-refractivity contribution is 5.95. The van der Waals surface area contributed by atoms with Crippen molar-refractivity contribution in [1.29, 1.82) is 0 Å². The number of anilines is 2. The van der Waals surface area contributed by atoms with Gasteiger partial charge in [0.2, 0.25) is 0 Å². The van der Waals surface area contributed by atoms with Gasteiger partial charge in [-0.3, -0.25) is 0 Å². The Hall–Kier alpha value is -2.64. The number of nitrogen functional groups attached to an aromatic ring is 1. The van der Waals surface area contributed by atoms with Gasteiger partial charge in [0, 0.05) is 13.1 Å². The molecule has 3 rings (SSSR count). The normalized spacial score (nSPS) is 13.9. The molecule has 0 spiro atoms. The quantitative estimate of drug-likeness (QED) is 0.819. The average molecular weight is 288 g/mol. The molecule has 0 aromatic carbocycles. The van der Waals surface area contributed by atoms with E-state index in [9.17, 15) is 4.79 Å². The van der Waals surface area contributed by atoms with Crippen LogP contribution in [0.15, 0.2) is 18.6 Å². The Bertz CT molecular complexity index is 668.